The number of unbranched alkanes of at least 4 members (excludes halogenated alkanes) is 15. The third kappa shape index (κ3) is 10.4. The zero-order valence-corrected chi connectivity index (χ0v) is 26.7. The van der Waals surface area contributed by atoms with Gasteiger partial charge in [0.05, 0.1) is 0 Å². The van der Waals surface area contributed by atoms with E-state index >= 15 is 0 Å². The normalized spacial score (nSPS) is 11.2. The van der Waals surface area contributed by atoms with Crippen LogP contribution in [-0.4, -0.2) is 5.11 Å². The van der Waals surface area contributed by atoms with Gasteiger partial charge in [0, 0.05) is 11.1 Å². The number of phenolic OH excluding ortho intramolecular Hbond substituents is 1. The summed E-state index contributed by atoms with van der Waals surface area (Å²) in [7, 11) is 0. The SMILES string of the molecule is CCCCCCCCCCCCCCCCCCc1cc(-c2ccccc2)c(O)c(-c2ccccc2)c1-c1ccccc1. The van der Waals surface area contributed by atoms with Crippen LogP contribution in [0, 0.1) is 0 Å². The monoisotopic (exact) mass is 574 g/mol. The molecule has 0 amide bonds. The van der Waals surface area contributed by atoms with E-state index in [1.54, 1.807) is 0 Å². The Kier molecular flexibility index (Phi) is 14.4. The van der Waals surface area contributed by atoms with Crippen molar-refractivity contribution in [2.45, 2.75) is 116 Å². The molecule has 1 N–H and O–H groups in total. The van der Waals surface area contributed by atoms with E-state index in [9.17, 15) is 5.11 Å². The molecular weight excluding hydrogens is 520 g/mol. The molecule has 0 fully saturated rings. The van der Waals surface area contributed by atoms with Gasteiger partial charge in [0.2, 0.25) is 0 Å². The predicted molar refractivity (Wildman–Crippen MR) is 188 cm³/mol. The predicted octanol–water partition coefficient (Wildman–Crippen LogP) is 13.2. The van der Waals surface area contributed by atoms with E-state index in [-0.39, 0.29) is 0 Å². The summed E-state index contributed by atoms with van der Waals surface area (Å²) in [5.74, 6) is 0.368. The summed E-state index contributed by atoms with van der Waals surface area (Å²) in [6.07, 6.45) is 23.1. The molecule has 4 aromatic rings. The second-order valence-electron chi connectivity index (χ2n) is 12.3. The van der Waals surface area contributed by atoms with Gasteiger partial charge in [-0.15, -0.1) is 0 Å². The molecule has 1 nitrogen and oxygen atoms in total. The Bertz CT molecular complexity index is 1290. The average Bonchev–Trinajstić information content (AvgIpc) is 3.06. The minimum absolute atomic E-state index is 0.368. The van der Waals surface area contributed by atoms with E-state index in [1.165, 1.54) is 119 Å². The van der Waals surface area contributed by atoms with E-state index in [0.717, 1.165) is 28.7 Å². The average molecular weight is 575 g/mol. The van der Waals surface area contributed by atoms with Crippen LogP contribution in [0.2, 0.25) is 0 Å². The van der Waals surface area contributed by atoms with Gasteiger partial charge in [-0.3, -0.25) is 0 Å². The Morgan fingerprint density at radius 1 is 0.419 bits per heavy atom. The lowest BCUT2D eigenvalue weighted by atomic mass is 9.84. The highest BCUT2D eigenvalue weighted by atomic mass is 16.3. The summed E-state index contributed by atoms with van der Waals surface area (Å²) < 4.78 is 0. The molecule has 4 rings (SSSR count). The van der Waals surface area contributed by atoms with Gasteiger partial charge >= 0.3 is 0 Å². The first-order valence-corrected chi connectivity index (χ1v) is 17.3. The molecular formula is C42H54O. The summed E-state index contributed by atoms with van der Waals surface area (Å²) in [5, 5.41) is 11.8. The molecule has 0 saturated carbocycles. The van der Waals surface area contributed by atoms with Crippen molar-refractivity contribution in [1.82, 2.24) is 0 Å². The molecule has 0 aromatic heterocycles. The zero-order valence-electron chi connectivity index (χ0n) is 26.7. The number of hydrogen-bond donors (Lipinski definition) is 1. The fourth-order valence-electron chi connectivity index (χ4n) is 6.45. The Balaban J connectivity index is 1.34. The van der Waals surface area contributed by atoms with Gasteiger partial charge in [0.25, 0.3) is 0 Å². The van der Waals surface area contributed by atoms with Crippen molar-refractivity contribution in [2.24, 2.45) is 0 Å². The Morgan fingerprint density at radius 2 is 0.791 bits per heavy atom. The maximum absolute atomic E-state index is 11.8. The highest BCUT2D eigenvalue weighted by molar-refractivity contribution is 5.95. The number of benzene rings is 4. The van der Waals surface area contributed by atoms with Crippen molar-refractivity contribution in [2.75, 3.05) is 0 Å². The molecule has 0 aliphatic rings. The van der Waals surface area contributed by atoms with Crippen LogP contribution >= 0.6 is 0 Å². The fraction of sp³-hybridized carbons (Fsp3) is 0.429. The standard InChI is InChI=1S/C42H54O/c1-2-3-4-5-6-7-8-9-10-11-12-13-14-15-16-20-33-38-34-39(35-27-21-17-22-28-35)42(43)41(37-31-25-19-26-32-37)40(38)36-29-23-18-24-30-36/h17-19,21-32,34,43H,2-16,20,33H2,1H3. The number of hydrogen-bond acceptors (Lipinski definition) is 1. The maximum Gasteiger partial charge on any atom is 0.131 e. The summed E-state index contributed by atoms with van der Waals surface area (Å²) in [6, 6.07) is 33.6. The summed E-state index contributed by atoms with van der Waals surface area (Å²) in [5.41, 5.74) is 7.65. The molecule has 0 saturated heterocycles. The van der Waals surface area contributed by atoms with E-state index < -0.39 is 0 Å². The van der Waals surface area contributed by atoms with Crippen LogP contribution in [0.4, 0.5) is 0 Å². The van der Waals surface area contributed by atoms with E-state index in [2.05, 4.69) is 91.9 Å². The smallest absolute Gasteiger partial charge is 0.131 e. The van der Waals surface area contributed by atoms with Gasteiger partial charge in [0.1, 0.15) is 5.75 Å². The number of aryl methyl sites for hydroxylation is 1. The minimum Gasteiger partial charge on any atom is -0.507 e. The van der Waals surface area contributed by atoms with Gasteiger partial charge in [-0.05, 0) is 46.7 Å². The van der Waals surface area contributed by atoms with Crippen LogP contribution < -0.4 is 0 Å². The van der Waals surface area contributed by atoms with Crippen molar-refractivity contribution >= 4 is 0 Å². The molecule has 1 heteroatoms. The van der Waals surface area contributed by atoms with Crippen LogP contribution in [0.15, 0.2) is 97.1 Å². The third-order valence-electron chi connectivity index (χ3n) is 8.89. The molecule has 0 atom stereocenters. The van der Waals surface area contributed by atoms with Crippen molar-refractivity contribution < 1.29 is 5.11 Å². The van der Waals surface area contributed by atoms with Gasteiger partial charge in [-0.1, -0.05) is 194 Å². The van der Waals surface area contributed by atoms with Crippen LogP contribution in [0.3, 0.4) is 0 Å². The molecule has 0 aliphatic heterocycles. The number of phenols is 1. The number of rotatable bonds is 20. The van der Waals surface area contributed by atoms with Crippen molar-refractivity contribution in [3.63, 3.8) is 0 Å². The molecule has 0 radical (unpaired) electrons. The van der Waals surface area contributed by atoms with Crippen molar-refractivity contribution in [1.29, 1.82) is 0 Å². The Labute approximate surface area is 262 Å². The van der Waals surface area contributed by atoms with Gasteiger partial charge in [-0.25, -0.2) is 0 Å². The van der Waals surface area contributed by atoms with E-state index in [1.807, 2.05) is 12.1 Å². The molecule has 0 aliphatic carbocycles. The summed E-state index contributed by atoms with van der Waals surface area (Å²) in [6.45, 7) is 2.29. The van der Waals surface area contributed by atoms with Crippen LogP contribution in [0.25, 0.3) is 33.4 Å². The highest BCUT2D eigenvalue weighted by Gasteiger charge is 2.21. The first kappa shape index (κ1) is 32.6. The molecule has 4 aromatic carbocycles. The molecule has 228 valence electrons. The van der Waals surface area contributed by atoms with Crippen LogP contribution in [0.1, 0.15) is 115 Å². The van der Waals surface area contributed by atoms with Crippen LogP contribution in [0.5, 0.6) is 5.75 Å². The van der Waals surface area contributed by atoms with Crippen molar-refractivity contribution in [3.05, 3.63) is 103 Å². The van der Waals surface area contributed by atoms with Gasteiger partial charge < -0.3 is 5.11 Å². The first-order valence-electron chi connectivity index (χ1n) is 17.3. The van der Waals surface area contributed by atoms with Gasteiger partial charge in [0.15, 0.2) is 0 Å². The molecule has 43 heavy (non-hydrogen) atoms. The lowest BCUT2D eigenvalue weighted by molar-refractivity contribution is 0.479. The zero-order chi connectivity index (χ0) is 30.0. The minimum atomic E-state index is 0.368. The molecule has 0 unspecified atom stereocenters. The summed E-state index contributed by atoms with van der Waals surface area (Å²) >= 11 is 0. The third-order valence-corrected chi connectivity index (χ3v) is 8.89. The van der Waals surface area contributed by atoms with E-state index in [4.69, 9.17) is 0 Å². The lowest BCUT2D eigenvalue weighted by Crippen LogP contribution is -1.98. The van der Waals surface area contributed by atoms with Gasteiger partial charge in [-0.2, -0.15) is 0 Å². The van der Waals surface area contributed by atoms with E-state index in [0.29, 0.717) is 5.75 Å². The molecule has 0 bridgehead atoms. The van der Waals surface area contributed by atoms with Crippen molar-refractivity contribution in [3.8, 4) is 39.1 Å². The lowest BCUT2D eigenvalue weighted by Gasteiger charge is -2.21. The topological polar surface area (TPSA) is 20.2 Å². The highest BCUT2D eigenvalue weighted by Crippen LogP contribution is 2.47. The molecule has 0 spiro atoms. The Morgan fingerprint density at radius 3 is 1.23 bits per heavy atom. The second kappa shape index (κ2) is 19.1. The fourth-order valence-corrected chi connectivity index (χ4v) is 6.45. The largest absolute Gasteiger partial charge is 0.507 e. The summed E-state index contributed by atoms with van der Waals surface area (Å²) in [4.78, 5) is 0. The quantitative estimate of drug-likeness (QED) is 0.104. The number of aromatic hydroxyl groups is 1. The molecule has 0 heterocycles. The Hall–Kier alpha value is -3.32. The first-order chi connectivity index (χ1) is 21.3. The maximum atomic E-state index is 11.8. The van der Waals surface area contributed by atoms with Crippen LogP contribution in [-0.2, 0) is 6.42 Å². The second-order valence-corrected chi connectivity index (χ2v) is 12.3.